The first kappa shape index (κ1) is 17.7. The molecular formula is C17H26F2N4. The molecule has 0 amide bonds. The molecule has 0 bridgehead atoms. The Hall–Kier alpha value is -1.69. The summed E-state index contributed by atoms with van der Waals surface area (Å²) in [5, 5.41) is 6.46. The topological polar surface area (TPSA) is 39.7 Å². The van der Waals surface area contributed by atoms with Crippen molar-refractivity contribution in [3.05, 3.63) is 35.4 Å². The number of benzene rings is 1. The fourth-order valence-corrected chi connectivity index (χ4v) is 2.93. The number of aliphatic imine (C=N–C) groups is 1. The lowest BCUT2D eigenvalue weighted by molar-refractivity contribution is 0.267. The zero-order valence-corrected chi connectivity index (χ0v) is 13.9. The molecule has 1 aromatic carbocycles. The fourth-order valence-electron chi connectivity index (χ4n) is 2.93. The minimum Gasteiger partial charge on any atom is -0.357 e. The summed E-state index contributed by atoms with van der Waals surface area (Å²) in [5.41, 5.74) is 0.262. The number of hydrogen-bond donors (Lipinski definition) is 2. The van der Waals surface area contributed by atoms with Gasteiger partial charge in [-0.25, -0.2) is 13.8 Å². The van der Waals surface area contributed by atoms with Gasteiger partial charge in [0.25, 0.3) is 0 Å². The molecule has 128 valence electrons. The van der Waals surface area contributed by atoms with Gasteiger partial charge in [0, 0.05) is 24.7 Å². The van der Waals surface area contributed by atoms with Crippen LogP contribution in [0, 0.1) is 11.6 Å². The van der Waals surface area contributed by atoms with Gasteiger partial charge in [-0.3, -0.25) is 4.90 Å². The highest BCUT2D eigenvalue weighted by Gasteiger charge is 2.22. The van der Waals surface area contributed by atoms with E-state index in [1.54, 1.807) is 0 Å². The molecule has 1 heterocycles. The molecule has 1 aromatic rings. The van der Waals surface area contributed by atoms with Gasteiger partial charge in [-0.05, 0) is 51.1 Å². The second-order valence-corrected chi connectivity index (χ2v) is 5.74. The van der Waals surface area contributed by atoms with E-state index in [0.717, 1.165) is 38.3 Å². The zero-order valence-electron chi connectivity index (χ0n) is 13.9. The third-order valence-corrected chi connectivity index (χ3v) is 4.17. The van der Waals surface area contributed by atoms with Crippen LogP contribution < -0.4 is 10.6 Å². The Morgan fingerprint density at radius 3 is 2.87 bits per heavy atom. The Labute approximate surface area is 137 Å². The third-order valence-electron chi connectivity index (χ3n) is 4.17. The highest BCUT2D eigenvalue weighted by molar-refractivity contribution is 5.79. The molecule has 1 aliphatic rings. The summed E-state index contributed by atoms with van der Waals surface area (Å²) in [6, 6.07) is 3.96. The quantitative estimate of drug-likeness (QED) is 0.624. The van der Waals surface area contributed by atoms with Gasteiger partial charge in [0.15, 0.2) is 5.96 Å². The number of nitrogens with zero attached hydrogens (tertiary/aromatic N) is 2. The lowest BCUT2D eigenvalue weighted by Crippen LogP contribution is -2.44. The summed E-state index contributed by atoms with van der Waals surface area (Å²) in [6.45, 7) is 7.99. The molecule has 23 heavy (non-hydrogen) atoms. The Balaban J connectivity index is 1.95. The van der Waals surface area contributed by atoms with E-state index in [9.17, 15) is 8.78 Å². The van der Waals surface area contributed by atoms with E-state index < -0.39 is 11.6 Å². The SMILES string of the molecule is CCNC(=NCc1cc(F)ccc1F)NCC1CCCN1CC. The van der Waals surface area contributed by atoms with Crippen molar-refractivity contribution in [3.63, 3.8) is 0 Å². The van der Waals surface area contributed by atoms with E-state index in [1.165, 1.54) is 18.9 Å². The standard InChI is InChI=1S/C17H26F2N4/c1-3-20-17(22-12-15-6-5-9-23(15)4-2)21-11-13-10-14(18)7-8-16(13)19/h7-8,10,15H,3-6,9,11-12H2,1-2H3,(H2,20,21,22). The van der Waals surface area contributed by atoms with Crippen molar-refractivity contribution in [1.29, 1.82) is 0 Å². The van der Waals surface area contributed by atoms with E-state index >= 15 is 0 Å². The largest absolute Gasteiger partial charge is 0.357 e. The first-order valence-corrected chi connectivity index (χ1v) is 8.34. The van der Waals surface area contributed by atoms with Crippen LogP contribution in [-0.4, -0.2) is 43.1 Å². The highest BCUT2D eigenvalue weighted by atomic mass is 19.1. The number of nitrogens with one attached hydrogen (secondary N) is 2. The summed E-state index contributed by atoms with van der Waals surface area (Å²) in [7, 11) is 0. The Morgan fingerprint density at radius 1 is 1.30 bits per heavy atom. The maximum atomic E-state index is 13.7. The van der Waals surface area contributed by atoms with Gasteiger partial charge < -0.3 is 10.6 Å². The average Bonchev–Trinajstić information content (AvgIpc) is 3.00. The molecule has 1 fully saturated rings. The predicted molar refractivity (Wildman–Crippen MR) is 89.4 cm³/mol. The summed E-state index contributed by atoms with van der Waals surface area (Å²) in [4.78, 5) is 6.81. The zero-order chi connectivity index (χ0) is 16.7. The van der Waals surface area contributed by atoms with Crippen LogP contribution in [0.15, 0.2) is 23.2 Å². The van der Waals surface area contributed by atoms with Crippen molar-refractivity contribution in [1.82, 2.24) is 15.5 Å². The molecule has 2 rings (SSSR count). The van der Waals surface area contributed by atoms with Crippen molar-refractivity contribution >= 4 is 5.96 Å². The second kappa shape index (κ2) is 8.82. The number of likely N-dealkylation sites (N-methyl/N-ethyl adjacent to an activating group) is 1. The molecule has 0 aliphatic carbocycles. The number of hydrogen-bond acceptors (Lipinski definition) is 2. The van der Waals surface area contributed by atoms with E-state index in [4.69, 9.17) is 0 Å². The first-order chi connectivity index (χ1) is 11.1. The van der Waals surface area contributed by atoms with Crippen LogP contribution >= 0.6 is 0 Å². The van der Waals surface area contributed by atoms with Crippen molar-refractivity contribution in [3.8, 4) is 0 Å². The molecule has 0 spiro atoms. The van der Waals surface area contributed by atoms with Gasteiger partial charge in [-0.15, -0.1) is 0 Å². The molecule has 1 unspecified atom stereocenters. The molecule has 1 saturated heterocycles. The van der Waals surface area contributed by atoms with Gasteiger partial charge in [0.2, 0.25) is 0 Å². The monoisotopic (exact) mass is 324 g/mol. The highest BCUT2D eigenvalue weighted by Crippen LogP contribution is 2.15. The summed E-state index contributed by atoms with van der Waals surface area (Å²) in [5.74, 6) is -0.239. The molecule has 2 N–H and O–H groups in total. The molecule has 1 aliphatic heterocycles. The lowest BCUT2D eigenvalue weighted by Gasteiger charge is -2.24. The van der Waals surface area contributed by atoms with E-state index in [1.807, 2.05) is 6.92 Å². The third kappa shape index (κ3) is 5.16. The number of likely N-dealkylation sites (tertiary alicyclic amines) is 1. The van der Waals surface area contributed by atoms with Gasteiger partial charge in [0.05, 0.1) is 6.54 Å². The summed E-state index contributed by atoms with van der Waals surface area (Å²) >= 11 is 0. The van der Waals surface area contributed by atoms with Crippen molar-refractivity contribution in [2.24, 2.45) is 4.99 Å². The predicted octanol–water partition coefficient (Wildman–Crippen LogP) is 2.50. The molecule has 1 atom stereocenters. The van der Waals surface area contributed by atoms with Crippen LogP contribution in [0.4, 0.5) is 8.78 Å². The van der Waals surface area contributed by atoms with Crippen LogP contribution in [-0.2, 0) is 6.54 Å². The molecule has 4 nitrogen and oxygen atoms in total. The van der Waals surface area contributed by atoms with E-state index in [-0.39, 0.29) is 12.1 Å². The Morgan fingerprint density at radius 2 is 2.13 bits per heavy atom. The smallest absolute Gasteiger partial charge is 0.191 e. The lowest BCUT2D eigenvalue weighted by atomic mass is 10.2. The van der Waals surface area contributed by atoms with Crippen molar-refractivity contribution < 1.29 is 8.78 Å². The minimum absolute atomic E-state index is 0.112. The van der Waals surface area contributed by atoms with Crippen LogP contribution in [0.5, 0.6) is 0 Å². The first-order valence-electron chi connectivity index (χ1n) is 8.34. The van der Waals surface area contributed by atoms with Gasteiger partial charge in [-0.2, -0.15) is 0 Å². The number of guanidine groups is 1. The van der Waals surface area contributed by atoms with E-state index in [0.29, 0.717) is 12.0 Å². The Kier molecular flexibility index (Phi) is 6.77. The molecule has 6 heteroatoms. The molecule has 0 saturated carbocycles. The van der Waals surface area contributed by atoms with Crippen LogP contribution in [0.25, 0.3) is 0 Å². The maximum absolute atomic E-state index is 13.7. The maximum Gasteiger partial charge on any atom is 0.191 e. The van der Waals surface area contributed by atoms with Crippen molar-refractivity contribution in [2.45, 2.75) is 39.3 Å². The van der Waals surface area contributed by atoms with Gasteiger partial charge >= 0.3 is 0 Å². The van der Waals surface area contributed by atoms with Crippen LogP contribution in [0.2, 0.25) is 0 Å². The number of rotatable bonds is 6. The molecular weight excluding hydrogens is 298 g/mol. The van der Waals surface area contributed by atoms with Gasteiger partial charge in [0.1, 0.15) is 11.6 Å². The van der Waals surface area contributed by atoms with Crippen LogP contribution in [0.1, 0.15) is 32.3 Å². The second-order valence-electron chi connectivity index (χ2n) is 5.74. The van der Waals surface area contributed by atoms with E-state index in [2.05, 4.69) is 27.4 Å². The number of halogens is 2. The fraction of sp³-hybridized carbons (Fsp3) is 0.588. The molecule has 0 aromatic heterocycles. The summed E-state index contributed by atoms with van der Waals surface area (Å²) < 4.78 is 26.9. The normalized spacial score (nSPS) is 19.1. The molecule has 0 radical (unpaired) electrons. The van der Waals surface area contributed by atoms with Crippen LogP contribution in [0.3, 0.4) is 0 Å². The minimum atomic E-state index is -0.445. The Bertz CT molecular complexity index is 533. The van der Waals surface area contributed by atoms with Crippen molar-refractivity contribution in [2.75, 3.05) is 26.2 Å². The summed E-state index contributed by atoms with van der Waals surface area (Å²) in [6.07, 6.45) is 2.40. The average molecular weight is 324 g/mol. The van der Waals surface area contributed by atoms with Gasteiger partial charge in [-0.1, -0.05) is 6.92 Å².